The number of aliphatic imine (C=N–C) groups is 1. The standard InChI is InChI=1S/C21H30N4O/c1-16(2)20(18-10-7-11-23-12-18)14-25-21(22-3)24-13-19(15-26)17-8-5-4-6-9-17/h4-12,16,19-20,26H,13-15H2,1-3H3,(H2,22,24,25). The van der Waals surface area contributed by atoms with E-state index in [-0.39, 0.29) is 12.5 Å². The van der Waals surface area contributed by atoms with Crippen LogP contribution in [0.3, 0.4) is 0 Å². The molecule has 2 unspecified atom stereocenters. The first-order valence-corrected chi connectivity index (χ1v) is 9.16. The summed E-state index contributed by atoms with van der Waals surface area (Å²) in [5.41, 5.74) is 2.34. The summed E-state index contributed by atoms with van der Waals surface area (Å²) in [4.78, 5) is 8.55. The molecule has 1 aromatic heterocycles. The maximum absolute atomic E-state index is 9.70. The van der Waals surface area contributed by atoms with Crippen LogP contribution in [0.4, 0.5) is 0 Å². The minimum atomic E-state index is 0.0361. The molecule has 0 amide bonds. The number of aliphatic hydroxyl groups excluding tert-OH is 1. The molecule has 2 aromatic rings. The summed E-state index contributed by atoms with van der Waals surface area (Å²) in [5.74, 6) is 1.62. The Hall–Kier alpha value is -2.40. The number of nitrogens with one attached hydrogen (secondary N) is 2. The average Bonchev–Trinajstić information content (AvgIpc) is 2.68. The van der Waals surface area contributed by atoms with E-state index in [4.69, 9.17) is 0 Å². The Balaban J connectivity index is 1.92. The molecule has 0 bridgehead atoms. The second kappa shape index (κ2) is 10.6. The van der Waals surface area contributed by atoms with Gasteiger partial charge in [0.2, 0.25) is 0 Å². The molecule has 0 aliphatic carbocycles. The van der Waals surface area contributed by atoms with Gasteiger partial charge in [-0.1, -0.05) is 50.2 Å². The summed E-state index contributed by atoms with van der Waals surface area (Å²) in [6.45, 7) is 5.93. The fourth-order valence-corrected chi connectivity index (χ4v) is 2.99. The average molecular weight is 354 g/mol. The summed E-state index contributed by atoms with van der Waals surface area (Å²) in [6.07, 6.45) is 3.73. The van der Waals surface area contributed by atoms with E-state index in [9.17, 15) is 5.11 Å². The largest absolute Gasteiger partial charge is 0.396 e. The molecule has 0 aliphatic heterocycles. The number of guanidine groups is 1. The zero-order chi connectivity index (χ0) is 18.8. The minimum absolute atomic E-state index is 0.0361. The van der Waals surface area contributed by atoms with E-state index in [0.29, 0.717) is 18.4 Å². The van der Waals surface area contributed by atoms with Crippen molar-refractivity contribution >= 4 is 5.96 Å². The summed E-state index contributed by atoms with van der Waals surface area (Å²) in [6, 6.07) is 14.1. The molecule has 0 fully saturated rings. The lowest BCUT2D eigenvalue weighted by Crippen LogP contribution is -2.42. The van der Waals surface area contributed by atoms with Crippen LogP contribution in [0.1, 0.15) is 36.8 Å². The van der Waals surface area contributed by atoms with Crippen molar-refractivity contribution < 1.29 is 5.11 Å². The van der Waals surface area contributed by atoms with Crippen LogP contribution in [0.15, 0.2) is 59.9 Å². The normalized spacial score (nSPS) is 14.1. The first-order valence-electron chi connectivity index (χ1n) is 9.16. The third kappa shape index (κ3) is 5.85. The van der Waals surface area contributed by atoms with Crippen LogP contribution >= 0.6 is 0 Å². The third-order valence-electron chi connectivity index (χ3n) is 4.64. The van der Waals surface area contributed by atoms with Gasteiger partial charge in [0.25, 0.3) is 0 Å². The summed E-state index contributed by atoms with van der Waals surface area (Å²) in [5, 5.41) is 16.4. The Bertz CT molecular complexity index is 658. The Kier molecular flexibility index (Phi) is 8.09. The zero-order valence-electron chi connectivity index (χ0n) is 15.9. The molecular weight excluding hydrogens is 324 g/mol. The van der Waals surface area contributed by atoms with Crippen molar-refractivity contribution in [3.8, 4) is 0 Å². The van der Waals surface area contributed by atoms with Gasteiger partial charge >= 0.3 is 0 Å². The molecule has 0 radical (unpaired) electrons. The number of rotatable bonds is 8. The molecule has 0 aliphatic rings. The first-order chi connectivity index (χ1) is 12.7. The molecule has 0 saturated carbocycles. The van der Waals surface area contributed by atoms with Gasteiger partial charge in [-0.05, 0) is 23.1 Å². The van der Waals surface area contributed by atoms with Crippen LogP contribution in [0, 0.1) is 5.92 Å². The van der Waals surface area contributed by atoms with E-state index in [0.717, 1.165) is 18.1 Å². The van der Waals surface area contributed by atoms with E-state index in [2.05, 4.69) is 40.5 Å². The van der Waals surface area contributed by atoms with Crippen LogP contribution in [0.5, 0.6) is 0 Å². The highest BCUT2D eigenvalue weighted by molar-refractivity contribution is 5.79. The number of aromatic nitrogens is 1. The number of nitrogens with zero attached hydrogens (tertiary/aromatic N) is 2. The zero-order valence-corrected chi connectivity index (χ0v) is 15.9. The van der Waals surface area contributed by atoms with Gasteiger partial charge in [0, 0.05) is 44.4 Å². The minimum Gasteiger partial charge on any atom is -0.396 e. The van der Waals surface area contributed by atoms with Crippen molar-refractivity contribution in [1.29, 1.82) is 0 Å². The van der Waals surface area contributed by atoms with Gasteiger partial charge in [-0.2, -0.15) is 0 Å². The summed E-state index contributed by atoms with van der Waals surface area (Å²) in [7, 11) is 1.76. The molecule has 2 atom stereocenters. The Labute approximate surface area is 156 Å². The Morgan fingerprint density at radius 1 is 1.04 bits per heavy atom. The SMILES string of the molecule is CN=C(NCC(CO)c1ccccc1)NCC(c1cccnc1)C(C)C. The van der Waals surface area contributed by atoms with E-state index >= 15 is 0 Å². The Morgan fingerprint density at radius 3 is 2.31 bits per heavy atom. The van der Waals surface area contributed by atoms with Crippen LogP contribution in [-0.2, 0) is 0 Å². The third-order valence-corrected chi connectivity index (χ3v) is 4.64. The van der Waals surface area contributed by atoms with Gasteiger partial charge in [0.1, 0.15) is 0 Å². The molecule has 2 rings (SSSR count). The Morgan fingerprint density at radius 2 is 1.73 bits per heavy atom. The van der Waals surface area contributed by atoms with E-state index in [1.54, 1.807) is 13.2 Å². The molecule has 26 heavy (non-hydrogen) atoms. The number of hydrogen-bond acceptors (Lipinski definition) is 3. The number of pyridine rings is 1. The van der Waals surface area contributed by atoms with E-state index in [1.165, 1.54) is 5.56 Å². The van der Waals surface area contributed by atoms with Crippen LogP contribution in [0.2, 0.25) is 0 Å². The van der Waals surface area contributed by atoms with Crippen LogP contribution < -0.4 is 10.6 Å². The molecule has 5 heteroatoms. The van der Waals surface area contributed by atoms with Crippen molar-refractivity contribution in [1.82, 2.24) is 15.6 Å². The molecule has 5 nitrogen and oxygen atoms in total. The van der Waals surface area contributed by atoms with Crippen molar-refractivity contribution in [3.63, 3.8) is 0 Å². The van der Waals surface area contributed by atoms with Gasteiger partial charge in [-0.25, -0.2) is 0 Å². The molecular formula is C21H30N4O. The molecule has 3 N–H and O–H groups in total. The molecule has 1 heterocycles. The molecule has 0 saturated heterocycles. The van der Waals surface area contributed by atoms with Gasteiger partial charge < -0.3 is 15.7 Å². The second-order valence-corrected chi connectivity index (χ2v) is 6.76. The maximum Gasteiger partial charge on any atom is 0.191 e. The summed E-state index contributed by atoms with van der Waals surface area (Å²) >= 11 is 0. The smallest absolute Gasteiger partial charge is 0.191 e. The van der Waals surface area contributed by atoms with Gasteiger partial charge in [0.05, 0.1) is 6.61 Å². The number of benzene rings is 1. The summed E-state index contributed by atoms with van der Waals surface area (Å²) < 4.78 is 0. The highest BCUT2D eigenvalue weighted by atomic mass is 16.3. The highest BCUT2D eigenvalue weighted by Crippen LogP contribution is 2.22. The second-order valence-electron chi connectivity index (χ2n) is 6.76. The lowest BCUT2D eigenvalue weighted by Gasteiger charge is -2.23. The van der Waals surface area contributed by atoms with Crippen LogP contribution in [0.25, 0.3) is 0 Å². The number of aliphatic hydroxyl groups is 1. The van der Waals surface area contributed by atoms with E-state index < -0.39 is 0 Å². The van der Waals surface area contributed by atoms with E-state index in [1.807, 2.05) is 42.6 Å². The van der Waals surface area contributed by atoms with Crippen molar-refractivity contribution in [2.75, 3.05) is 26.7 Å². The first kappa shape index (κ1) is 19.9. The van der Waals surface area contributed by atoms with Crippen molar-refractivity contribution in [3.05, 3.63) is 66.0 Å². The maximum atomic E-state index is 9.70. The fourth-order valence-electron chi connectivity index (χ4n) is 2.99. The lowest BCUT2D eigenvalue weighted by molar-refractivity contribution is 0.265. The quantitative estimate of drug-likeness (QED) is 0.504. The van der Waals surface area contributed by atoms with Gasteiger partial charge in [-0.3, -0.25) is 9.98 Å². The topological polar surface area (TPSA) is 69.5 Å². The molecule has 0 spiro atoms. The number of hydrogen-bond donors (Lipinski definition) is 3. The molecule has 1 aromatic carbocycles. The monoisotopic (exact) mass is 354 g/mol. The van der Waals surface area contributed by atoms with Gasteiger partial charge in [-0.15, -0.1) is 0 Å². The van der Waals surface area contributed by atoms with Gasteiger partial charge in [0.15, 0.2) is 5.96 Å². The van der Waals surface area contributed by atoms with Crippen molar-refractivity contribution in [2.24, 2.45) is 10.9 Å². The van der Waals surface area contributed by atoms with Crippen molar-refractivity contribution in [2.45, 2.75) is 25.7 Å². The lowest BCUT2D eigenvalue weighted by atomic mass is 9.89. The highest BCUT2D eigenvalue weighted by Gasteiger charge is 2.17. The predicted molar refractivity (Wildman–Crippen MR) is 107 cm³/mol. The fraction of sp³-hybridized carbons (Fsp3) is 0.429. The predicted octanol–water partition coefficient (Wildman–Crippen LogP) is 2.76. The van der Waals surface area contributed by atoms with Crippen LogP contribution in [-0.4, -0.2) is 42.8 Å². The molecule has 140 valence electrons.